The standard InChI is InChI=1S/C13H13N3O2/c1-15-10-5-3-2-4-9(10)11-12(15)13(18)16(6-7-17)8-14-11/h2-5,8,17H,6-7H2,1H3. The van der Waals surface area contributed by atoms with Crippen molar-refractivity contribution in [1.29, 1.82) is 0 Å². The second-order valence-electron chi connectivity index (χ2n) is 4.24. The number of para-hydroxylation sites is 1. The van der Waals surface area contributed by atoms with Gasteiger partial charge in [-0.1, -0.05) is 18.2 Å². The zero-order valence-electron chi connectivity index (χ0n) is 10.00. The highest BCUT2D eigenvalue weighted by Crippen LogP contribution is 2.23. The van der Waals surface area contributed by atoms with Gasteiger partial charge in [-0.15, -0.1) is 0 Å². The molecule has 0 aliphatic rings. The Morgan fingerprint density at radius 3 is 2.89 bits per heavy atom. The van der Waals surface area contributed by atoms with E-state index in [1.807, 2.05) is 35.9 Å². The molecule has 0 aliphatic heterocycles. The number of nitrogens with zero attached hydrogens (tertiary/aromatic N) is 3. The van der Waals surface area contributed by atoms with Gasteiger partial charge >= 0.3 is 0 Å². The molecule has 0 saturated heterocycles. The molecule has 2 heterocycles. The SMILES string of the molecule is Cn1c2ccccc2c2ncn(CCO)c(=O)c21. The number of fused-ring (bicyclic) bond motifs is 3. The Kier molecular flexibility index (Phi) is 2.41. The van der Waals surface area contributed by atoms with E-state index < -0.39 is 0 Å². The fraction of sp³-hybridized carbons (Fsp3) is 0.231. The fourth-order valence-electron chi connectivity index (χ4n) is 2.33. The number of hydrogen-bond donors (Lipinski definition) is 1. The van der Waals surface area contributed by atoms with Gasteiger partial charge in [-0.3, -0.25) is 9.36 Å². The van der Waals surface area contributed by atoms with Crippen LogP contribution in [0.2, 0.25) is 0 Å². The maximum absolute atomic E-state index is 12.3. The molecule has 0 spiro atoms. The zero-order valence-corrected chi connectivity index (χ0v) is 10.00. The fourth-order valence-corrected chi connectivity index (χ4v) is 2.33. The molecule has 0 amide bonds. The van der Waals surface area contributed by atoms with Crippen molar-refractivity contribution < 1.29 is 5.11 Å². The van der Waals surface area contributed by atoms with Crippen LogP contribution in [0.1, 0.15) is 0 Å². The molecule has 0 radical (unpaired) electrons. The van der Waals surface area contributed by atoms with Gasteiger partial charge in [0.25, 0.3) is 5.56 Å². The van der Waals surface area contributed by atoms with Crippen molar-refractivity contribution in [1.82, 2.24) is 14.1 Å². The third-order valence-electron chi connectivity index (χ3n) is 3.21. The van der Waals surface area contributed by atoms with E-state index in [9.17, 15) is 4.79 Å². The highest BCUT2D eigenvalue weighted by Gasteiger charge is 2.13. The van der Waals surface area contributed by atoms with Crippen LogP contribution in [0.5, 0.6) is 0 Å². The van der Waals surface area contributed by atoms with Gasteiger partial charge in [-0.2, -0.15) is 0 Å². The minimum atomic E-state index is -0.118. The number of rotatable bonds is 2. The van der Waals surface area contributed by atoms with E-state index in [2.05, 4.69) is 4.98 Å². The summed E-state index contributed by atoms with van der Waals surface area (Å²) in [4.78, 5) is 16.6. The van der Waals surface area contributed by atoms with Gasteiger partial charge in [0.15, 0.2) is 0 Å². The average molecular weight is 243 g/mol. The molecule has 92 valence electrons. The molecule has 5 nitrogen and oxygen atoms in total. The normalized spacial score (nSPS) is 11.4. The number of benzene rings is 1. The van der Waals surface area contributed by atoms with Gasteiger partial charge in [-0.25, -0.2) is 4.98 Å². The van der Waals surface area contributed by atoms with Crippen LogP contribution in [0.15, 0.2) is 35.4 Å². The third kappa shape index (κ3) is 1.37. The Labute approximate surface area is 103 Å². The van der Waals surface area contributed by atoms with Crippen LogP contribution in [0.25, 0.3) is 21.9 Å². The van der Waals surface area contributed by atoms with Crippen molar-refractivity contribution >= 4 is 21.9 Å². The second-order valence-corrected chi connectivity index (χ2v) is 4.24. The molecule has 0 atom stereocenters. The van der Waals surface area contributed by atoms with E-state index >= 15 is 0 Å². The minimum absolute atomic E-state index is 0.0724. The topological polar surface area (TPSA) is 60.1 Å². The van der Waals surface area contributed by atoms with Gasteiger partial charge in [0.2, 0.25) is 0 Å². The Morgan fingerprint density at radius 2 is 2.11 bits per heavy atom. The maximum atomic E-state index is 12.3. The molecule has 1 aromatic carbocycles. The lowest BCUT2D eigenvalue weighted by atomic mass is 10.2. The lowest BCUT2D eigenvalue weighted by Gasteiger charge is -2.03. The van der Waals surface area contributed by atoms with Crippen molar-refractivity contribution in [2.45, 2.75) is 6.54 Å². The number of aromatic nitrogens is 3. The zero-order chi connectivity index (χ0) is 12.7. The van der Waals surface area contributed by atoms with E-state index in [-0.39, 0.29) is 18.7 Å². The molecule has 0 unspecified atom stereocenters. The van der Waals surface area contributed by atoms with Crippen LogP contribution < -0.4 is 5.56 Å². The molecular weight excluding hydrogens is 230 g/mol. The highest BCUT2D eigenvalue weighted by atomic mass is 16.3. The van der Waals surface area contributed by atoms with E-state index in [0.717, 1.165) is 10.9 Å². The summed E-state index contributed by atoms with van der Waals surface area (Å²) in [7, 11) is 1.86. The summed E-state index contributed by atoms with van der Waals surface area (Å²) in [5.74, 6) is 0. The van der Waals surface area contributed by atoms with Gasteiger partial charge in [0.05, 0.1) is 25.0 Å². The van der Waals surface area contributed by atoms with Crippen LogP contribution in [0.3, 0.4) is 0 Å². The maximum Gasteiger partial charge on any atom is 0.277 e. The Hall–Kier alpha value is -2.14. The Bertz CT molecular complexity index is 786. The first kappa shape index (κ1) is 11.0. The second kappa shape index (κ2) is 3.96. The van der Waals surface area contributed by atoms with E-state index in [1.54, 1.807) is 0 Å². The molecule has 0 fully saturated rings. The van der Waals surface area contributed by atoms with Crippen molar-refractivity contribution in [3.05, 3.63) is 40.9 Å². The van der Waals surface area contributed by atoms with Crippen molar-refractivity contribution in [3.8, 4) is 0 Å². The van der Waals surface area contributed by atoms with E-state index in [1.165, 1.54) is 10.9 Å². The molecule has 5 heteroatoms. The summed E-state index contributed by atoms with van der Waals surface area (Å²) >= 11 is 0. The summed E-state index contributed by atoms with van der Waals surface area (Å²) in [6.07, 6.45) is 1.49. The smallest absolute Gasteiger partial charge is 0.277 e. The molecule has 18 heavy (non-hydrogen) atoms. The summed E-state index contributed by atoms with van der Waals surface area (Å²) < 4.78 is 3.29. The third-order valence-corrected chi connectivity index (χ3v) is 3.21. The molecule has 2 aromatic heterocycles. The highest BCUT2D eigenvalue weighted by molar-refractivity contribution is 6.05. The van der Waals surface area contributed by atoms with Gasteiger partial charge in [0.1, 0.15) is 11.0 Å². The predicted octanol–water partition coefficient (Wildman–Crippen LogP) is 0.880. The first-order valence-corrected chi connectivity index (χ1v) is 5.77. The molecular formula is C13H13N3O2. The van der Waals surface area contributed by atoms with E-state index in [0.29, 0.717) is 11.0 Å². The van der Waals surface area contributed by atoms with Gasteiger partial charge in [-0.05, 0) is 6.07 Å². The first-order chi connectivity index (χ1) is 8.74. The lowest BCUT2D eigenvalue weighted by Crippen LogP contribution is -2.23. The molecule has 3 rings (SSSR count). The molecule has 0 aliphatic carbocycles. The average Bonchev–Trinajstić information content (AvgIpc) is 2.68. The monoisotopic (exact) mass is 243 g/mol. The quantitative estimate of drug-likeness (QED) is 0.727. The lowest BCUT2D eigenvalue weighted by molar-refractivity contribution is 0.274. The van der Waals surface area contributed by atoms with Crippen LogP contribution in [-0.4, -0.2) is 25.8 Å². The number of aliphatic hydroxyl groups is 1. The van der Waals surface area contributed by atoms with Crippen LogP contribution in [0, 0.1) is 0 Å². The molecule has 1 N–H and O–H groups in total. The van der Waals surface area contributed by atoms with Crippen LogP contribution in [0.4, 0.5) is 0 Å². The van der Waals surface area contributed by atoms with Crippen LogP contribution >= 0.6 is 0 Å². The van der Waals surface area contributed by atoms with Crippen molar-refractivity contribution in [3.63, 3.8) is 0 Å². The molecule has 0 bridgehead atoms. The first-order valence-electron chi connectivity index (χ1n) is 5.77. The summed E-state index contributed by atoms with van der Waals surface area (Å²) in [5, 5.41) is 9.91. The summed E-state index contributed by atoms with van der Waals surface area (Å²) in [6.45, 7) is 0.195. The number of hydrogen-bond acceptors (Lipinski definition) is 3. The summed E-state index contributed by atoms with van der Waals surface area (Å²) in [5.41, 5.74) is 2.16. The molecule has 0 saturated carbocycles. The number of aliphatic hydroxyl groups excluding tert-OH is 1. The summed E-state index contributed by atoms with van der Waals surface area (Å²) in [6, 6.07) is 7.80. The minimum Gasteiger partial charge on any atom is -0.395 e. The largest absolute Gasteiger partial charge is 0.395 e. The number of aryl methyl sites for hydroxylation is 1. The van der Waals surface area contributed by atoms with Crippen molar-refractivity contribution in [2.75, 3.05) is 6.61 Å². The Balaban J connectivity index is 2.49. The van der Waals surface area contributed by atoms with Crippen molar-refractivity contribution in [2.24, 2.45) is 7.05 Å². The molecule has 3 aromatic rings. The Morgan fingerprint density at radius 1 is 1.33 bits per heavy atom. The van der Waals surface area contributed by atoms with Gasteiger partial charge < -0.3 is 9.67 Å². The van der Waals surface area contributed by atoms with E-state index in [4.69, 9.17) is 5.11 Å². The predicted molar refractivity (Wildman–Crippen MR) is 69.6 cm³/mol. The van der Waals surface area contributed by atoms with Crippen LogP contribution in [-0.2, 0) is 13.6 Å². The van der Waals surface area contributed by atoms with Gasteiger partial charge in [0, 0.05) is 12.4 Å².